The molecule has 28 heavy (non-hydrogen) atoms. The first kappa shape index (κ1) is 18.6. The van der Waals surface area contributed by atoms with Crippen LogP contribution in [0.25, 0.3) is 0 Å². The summed E-state index contributed by atoms with van der Waals surface area (Å²) in [6, 6.07) is 11.2. The second-order valence-electron chi connectivity index (χ2n) is 6.91. The van der Waals surface area contributed by atoms with Crippen LogP contribution in [0.2, 0.25) is 0 Å². The Morgan fingerprint density at radius 3 is 2.39 bits per heavy atom. The van der Waals surface area contributed by atoms with Gasteiger partial charge in [0.05, 0.1) is 37.9 Å². The van der Waals surface area contributed by atoms with Gasteiger partial charge in [-0.3, -0.25) is 9.48 Å². The van der Waals surface area contributed by atoms with Gasteiger partial charge in [-0.05, 0) is 22.5 Å². The van der Waals surface area contributed by atoms with E-state index in [2.05, 4.69) is 14.3 Å². The van der Waals surface area contributed by atoms with Gasteiger partial charge in [0.15, 0.2) is 0 Å². The van der Waals surface area contributed by atoms with Crippen molar-refractivity contribution in [2.75, 3.05) is 13.2 Å². The van der Waals surface area contributed by atoms with Crippen LogP contribution in [0.3, 0.4) is 0 Å². The molecule has 0 bridgehead atoms. The molecule has 0 radical (unpaired) electrons. The highest BCUT2D eigenvalue weighted by Crippen LogP contribution is 2.26. The molecule has 0 saturated carbocycles. The van der Waals surface area contributed by atoms with Gasteiger partial charge in [0.25, 0.3) is 5.56 Å². The maximum absolute atomic E-state index is 11.9. The van der Waals surface area contributed by atoms with Crippen molar-refractivity contribution in [2.24, 2.45) is 0 Å². The maximum atomic E-state index is 11.9. The molecule has 8 heteroatoms. The van der Waals surface area contributed by atoms with E-state index in [1.165, 1.54) is 0 Å². The van der Waals surface area contributed by atoms with E-state index in [0.717, 1.165) is 16.4 Å². The fourth-order valence-electron chi connectivity index (χ4n) is 3.18. The molecule has 1 fully saturated rings. The van der Waals surface area contributed by atoms with E-state index < -0.39 is 5.97 Å². The van der Waals surface area contributed by atoms with E-state index in [1.807, 2.05) is 30.5 Å². The van der Waals surface area contributed by atoms with E-state index in [9.17, 15) is 14.7 Å². The van der Waals surface area contributed by atoms with E-state index in [-0.39, 0.29) is 17.0 Å². The fourth-order valence-corrected chi connectivity index (χ4v) is 3.46. The predicted octanol–water partition coefficient (Wildman–Crippen LogP) is 1.45. The van der Waals surface area contributed by atoms with Gasteiger partial charge in [0.2, 0.25) is 0 Å². The summed E-state index contributed by atoms with van der Waals surface area (Å²) in [7, 11) is 2.59. The van der Waals surface area contributed by atoms with Crippen LogP contribution >= 0.6 is 9.24 Å². The molecule has 1 atom stereocenters. The zero-order valence-corrected chi connectivity index (χ0v) is 16.3. The second-order valence-corrected chi connectivity index (χ2v) is 7.58. The fraction of sp³-hybridized carbons (Fsp3) is 0.250. The van der Waals surface area contributed by atoms with Crippen molar-refractivity contribution >= 4 is 20.5 Å². The van der Waals surface area contributed by atoms with E-state index in [4.69, 9.17) is 4.74 Å². The lowest BCUT2D eigenvalue weighted by atomic mass is 10.0. The Morgan fingerprint density at radius 2 is 1.79 bits per heavy atom. The third-order valence-electron chi connectivity index (χ3n) is 4.77. The van der Waals surface area contributed by atoms with Crippen LogP contribution in [0.4, 0.5) is 0 Å². The summed E-state index contributed by atoms with van der Waals surface area (Å²) in [5.41, 5.74) is 2.81. The van der Waals surface area contributed by atoms with Crippen LogP contribution in [0.5, 0.6) is 0 Å². The molecule has 1 aliphatic rings. The van der Waals surface area contributed by atoms with Crippen molar-refractivity contribution in [3.63, 3.8) is 0 Å². The lowest BCUT2D eigenvalue weighted by molar-refractivity contribution is 0.00597. The minimum atomic E-state index is -0.967. The maximum Gasteiger partial charge on any atom is 0.339 e. The first-order valence-corrected chi connectivity index (χ1v) is 9.49. The van der Waals surface area contributed by atoms with Crippen LogP contribution < -0.4 is 10.9 Å². The van der Waals surface area contributed by atoms with Gasteiger partial charge < -0.3 is 14.4 Å². The van der Waals surface area contributed by atoms with Crippen molar-refractivity contribution in [2.45, 2.75) is 19.0 Å². The Morgan fingerprint density at radius 1 is 1.11 bits per heavy atom. The number of benzene rings is 1. The SMILES string of the molecule is O=C(O)c1cn(Cc2ccc(Cn3cc(P)ccc3=O)cc2)nc1C1COC1. The molecule has 3 heterocycles. The van der Waals surface area contributed by atoms with Gasteiger partial charge >= 0.3 is 5.97 Å². The van der Waals surface area contributed by atoms with E-state index in [1.54, 1.807) is 27.6 Å². The number of carboxylic acids is 1. The van der Waals surface area contributed by atoms with Crippen LogP contribution in [-0.2, 0) is 17.8 Å². The van der Waals surface area contributed by atoms with Gasteiger partial charge in [-0.15, -0.1) is 9.24 Å². The quantitative estimate of drug-likeness (QED) is 0.637. The van der Waals surface area contributed by atoms with Crippen molar-refractivity contribution in [3.05, 3.63) is 81.5 Å². The van der Waals surface area contributed by atoms with Gasteiger partial charge in [-0.2, -0.15) is 5.10 Å². The molecule has 7 nitrogen and oxygen atoms in total. The summed E-state index contributed by atoms with van der Waals surface area (Å²) >= 11 is 0. The highest BCUT2D eigenvalue weighted by molar-refractivity contribution is 7.27. The summed E-state index contributed by atoms with van der Waals surface area (Å²) in [6.45, 7) is 2.01. The monoisotopic (exact) mass is 397 g/mol. The first-order valence-electron chi connectivity index (χ1n) is 8.92. The topological polar surface area (TPSA) is 86.3 Å². The highest BCUT2D eigenvalue weighted by atomic mass is 31.0. The third kappa shape index (κ3) is 3.91. The number of nitrogens with zero attached hydrogens (tertiary/aromatic N) is 3. The number of ether oxygens (including phenoxy) is 1. The smallest absolute Gasteiger partial charge is 0.339 e. The number of carboxylic acid groups (broad SMARTS) is 1. The van der Waals surface area contributed by atoms with Crippen molar-refractivity contribution in [1.82, 2.24) is 14.3 Å². The van der Waals surface area contributed by atoms with Crippen LogP contribution in [0.15, 0.2) is 53.6 Å². The lowest BCUT2D eigenvalue weighted by Crippen LogP contribution is -2.27. The molecular weight excluding hydrogens is 377 g/mol. The summed E-state index contributed by atoms with van der Waals surface area (Å²) in [6.07, 6.45) is 3.39. The van der Waals surface area contributed by atoms with Crippen molar-refractivity contribution in [3.8, 4) is 0 Å². The number of hydrogen-bond acceptors (Lipinski definition) is 4. The van der Waals surface area contributed by atoms with Gasteiger partial charge in [0, 0.05) is 18.5 Å². The Bertz CT molecular complexity index is 1070. The highest BCUT2D eigenvalue weighted by Gasteiger charge is 2.29. The van der Waals surface area contributed by atoms with Gasteiger partial charge in [-0.25, -0.2) is 4.79 Å². The first-order chi connectivity index (χ1) is 13.5. The summed E-state index contributed by atoms with van der Waals surface area (Å²) in [4.78, 5) is 23.4. The number of carbonyl (C=O) groups is 1. The molecule has 1 aromatic carbocycles. The van der Waals surface area contributed by atoms with E-state index >= 15 is 0 Å². The molecular formula is C20H20N3O4P. The zero-order chi connectivity index (χ0) is 19.7. The van der Waals surface area contributed by atoms with Crippen LogP contribution in [0, 0.1) is 0 Å². The molecule has 0 amide bonds. The standard InChI is InChI=1S/C20H20N3O4P/c24-18-6-5-16(28)9-22(18)7-13-1-3-14(4-2-13)8-23-10-17(20(25)26)19(21-23)15-11-27-12-15/h1-6,9-10,15H,7-8,11-12,28H2,(H,25,26). The van der Waals surface area contributed by atoms with Gasteiger partial charge in [-0.1, -0.05) is 24.3 Å². The Labute approximate surface area is 163 Å². The number of rotatable bonds is 6. The Balaban J connectivity index is 1.49. The van der Waals surface area contributed by atoms with Crippen molar-refractivity contribution in [1.29, 1.82) is 0 Å². The van der Waals surface area contributed by atoms with Crippen LogP contribution in [-0.4, -0.2) is 38.6 Å². The van der Waals surface area contributed by atoms with Gasteiger partial charge in [0.1, 0.15) is 5.56 Å². The average Bonchev–Trinajstić information content (AvgIpc) is 3.02. The largest absolute Gasteiger partial charge is 0.478 e. The average molecular weight is 397 g/mol. The molecule has 0 spiro atoms. The van der Waals surface area contributed by atoms with Crippen molar-refractivity contribution < 1.29 is 14.6 Å². The zero-order valence-electron chi connectivity index (χ0n) is 15.1. The molecule has 4 rings (SSSR count). The normalized spacial score (nSPS) is 14.0. The molecule has 1 aliphatic heterocycles. The Kier molecular flexibility index (Phi) is 5.11. The number of aromatic nitrogens is 3. The Hall–Kier alpha value is -2.76. The summed E-state index contributed by atoms with van der Waals surface area (Å²) in [5.74, 6) is -0.911. The molecule has 144 valence electrons. The predicted molar refractivity (Wildman–Crippen MR) is 107 cm³/mol. The van der Waals surface area contributed by atoms with E-state index in [0.29, 0.717) is 32.0 Å². The minimum Gasteiger partial charge on any atom is -0.478 e. The molecule has 1 saturated heterocycles. The number of pyridine rings is 1. The number of aromatic carboxylic acids is 1. The molecule has 0 aliphatic carbocycles. The lowest BCUT2D eigenvalue weighted by Gasteiger charge is -2.24. The third-order valence-corrected chi connectivity index (χ3v) is 5.11. The molecule has 1 unspecified atom stereocenters. The minimum absolute atomic E-state index is 0.0412. The van der Waals surface area contributed by atoms with Crippen LogP contribution in [0.1, 0.15) is 33.1 Å². The molecule has 3 aromatic rings. The summed E-state index contributed by atoms with van der Waals surface area (Å²) in [5, 5.41) is 14.8. The second kappa shape index (κ2) is 7.70. The summed E-state index contributed by atoms with van der Waals surface area (Å²) < 4.78 is 8.49. The number of hydrogen-bond donors (Lipinski definition) is 1. The molecule has 2 aromatic heterocycles. The molecule has 1 N–H and O–H groups in total.